The molecule has 4 rings (SSSR count). The summed E-state index contributed by atoms with van der Waals surface area (Å²) in [4.78, 5) is 29.2. The van der Waals surface area contributed by atoms with Gasteiger partial charge in [0.15, 0.2) is 5.65 Å². The van der Waals surface area contributed by atoms with Crippen LogP contribution >= 0.6 is 0 Å². The third kappa shape index (κ3) is 7.53. The molecule has 0 amide bonds. The van der Waals surface area contributed by atoms with Crippen molar-refractivity contribution < 1.29 is 21.6 Å². The van der Waals surface area contributed by atoms with Crippen molar-refractivity contribution >= 4 is 32.8 Å². The molecule has 1 aliphatic carbocycles. The van der Waals surface area contributed by atoms with E-state index in [9.17, 15) is 26.4 Å². The fourth-order valence-electron chi connectivity index (χ4n) is 4.93. The summed E-state index contributed by atoms with van der Waals surface area (Å²) < 4.78 is 68.9. The topological polar surface area (TPSA) is 122 Å². The Balaban J connectivity index is 1.61. The molecule has 0 unspecified atom stereocenters. The highest BCUT2D eigenvalue weighted by Crippen LogP contribution is 2.27. The largest absolute Gasteiger partial charge is 0.351 e. The molecule has 0 aliphatic heterocycles. The zero-order chi connectivity index (χ0) is 30.1. The van der Waals surface area contributed by atoms with Gasteiger partial charge in [0.2, 0.25) is 21.9 Å². The van der Waals surface area contributed by atoms with Crippen molar-refractivity contribution in [3.63, 3.8) is 0 Å². The number of fused-ring (bicyclic) bond motifs is 1. The third-order valence-corrected chi connectivity index (χ3v) is 8.50. The average Bonchev–Trinajstić information content (AvgIpc) is 2.88. The number of alkyl halides is 2. The summed E-state index contributed by atoms with van der Waals surface area (Å²) in [5.41, 5.74) is -0.187. The number of rotatable bonds is 10. The van der Waals surface area contributed by atoms with Crippen molar-refractivity contribution in [2.45, 2.75) is 76.9 Å². The molecular weight excluding hydrogens is 559 g/mol. The van der Waals surface area contributed by atoms with Gasteiger partial charge in [-0.15, -0.1) is 0 Å². The summed E-state index contributed by atoms with van der Waals surface area (Å²) in [6, 6.07) is 3.91. The minimum atomic E-state index is -4.22. The van der Waals surface area contributed by atoms with Crippen LogP contribution in [-0.2, 0) is 10.0 Å². The second-order valence-electron chi connectivity index (χ2n) is 11.2. The van der Waals surface area contributed by atoms with Crippen LogP contribution in [-0.4, -0.2) is 70.7 Å². The highest BCUT2D eigenvalue weighted by Gasteiger charge is 2.26. The fraction of sp³-hybridized carbons (Fsp3) is 0.556. The Labute approximate surface area is 237 Å². The lowest BCUT2D eigenvalue weighted by Crippen LogP contribution is -2.36. The van der Waals surface area contributed by atoms with Gasteiger partial charge in [-0.2, -0.15) is 4.98 Å². The number of hydrogen-bond donors (Lipinski definition) is 2. The Bertz CT molecular complexity index is 1560. The molecule has 1 aliphatic rings. The number of anilines is 2. The van der Waals surface area contributed by atoms with Crippen molar-refractivity contribution in [3.05, 3.63) is 40.6 Å². The van der Waals surface area contributed by atoms with Crippen LogP contribution in [0.2, 0.25) is 0 Å². The molecule has 0 saturated heterocycles. The van der Waals surface area contributed by atoms with Crippen molar-refractivity contribution in [2.75, 3.05) is 29.9 Å². The highest BCUT2D eigenvalue weighted by molar-refractivity contribution is 7.92. The first kappa shape index (κ1) is 30.7. The first-order valence-electron chi connectivity index (χ1n) is 13.5. The summed E-state index contributed by atoms with van der Waals surface area (Å²) in [7, 11) is -0.0505. The Morgan fingerprint density at radius 3 is 2.41 bits per heavy atom. The number of aromatic nitrogens is 4. The van der Waals surface area contributed by atoms with Crippen LogP contribution in [0.5, 0.6) is 0 Å². The van der Waals surface area contributed by atoms with Crippen LogP contribution < -0.4 is 15.6 Å². The zero-order valence-corrected chi connectivity index (χ0v) is 24.6. The van der Waals surface area contributed by atoms with Gasteiger partial charge < -0.3 is 10.2 Å². The summed E-state index contributed by atoms with van der Waals surface area (Å²) in [5.74, 6) is -4.64. The number of nitrogens with zero attached hydrogens (tertiary/aromatic N) is 5. The van der Waals surface area contributed by atoms with Gasteiger partial charge >= 0.3 is 0 Å². The van der Waals surface area contributed by atoms with Gasteiger partial charge in [0, 0.05) is 30.1 Å². The van der Waals surface area contributed by atoms with E-state index in [0.29, 0.717) is 30.1 Å². The minimum absolute atomic E-state index is 0.0588. The number of nitrogens with one attached hydrogen (secondary N) is 2. The molecule has 0 radical (unpaired) electrons. The normalized spacial score (nSPS) is 18.3. The van der Waals surface area contributed by atoms with E-state index in [4.69, 9.17) is 0 Å². The van der Waals surface area contributed by atoms with E-state index in [-0.39, 0.29) is 23.3 Å². The molecule has 1 fully saturated rings. The number of benzene rings is 1. The Hall–Kier alpha value is -3.26. The van der Waals surface area contributed by atoms with Crippen molar-refractivity contribution in [2.24, 2.45) is 0 Å². The molecule has 10 nitrogen and oxygen atoms in total. The maximum absolute atomic E-state index is 14.9. The molecule has 2 heterocycles. The second-order valence-corrected chi connectivity index (χ2v) is 13.0. The Morgan fingerprint density at radius 1 is 1.15 bits per heavy atom. The van der Waals surface area contributed by atoms with Crippen molar-refractivity contribution in [3.8, 4) is 11.3 Å². The van der Waals surface area contributed by atoms with Crippen LogP contribution in [0.3, 0.4) is 0 Å². The molecule has 0 atom stereocenters. The predicted octanol–water partition coefficient (Wildman–Crippen LogP) is 4.65. The van der Waals surface area contributed by atoms with E-state index < -0.39 is 45.2 Å². The van der Waals surface area contributed by atoms with Crippen LogP contribution in [0.15, 0.2) is 29.2 Å². The molecule has 41 heavy (non-hydrogen) atoms. The van der Waals surface area contributed by atoms with Gasteiger partial charge in [-0.05, 0) is 72.7 Å². The van der Waals surface area contributed by atoms with Gasteiger partial charge in [-0.3, -0.25) is 14.1 Å². The summed E-state index contributed by atoms with van der Waals surface area (Å²) in [6.07, 6.45) is 4.67. The van der Waals surface area contributed by atoms with Gasteiger partial charge in [-0.1, -0.05) is 6.07 Å². The summed E-state index contributed by atoms with van der Waals surface area (Å²) in [6.45, 7) is 4.25. The van der Waals surface area contributed by atoms with Crippen LogP contribution in [0.4, 0.5) is 24.8 Å². The SMILES string of the molecule is CC(C)n1c(=O)c(-c2ccc(NS(=O)(=O)CCC(C)(F)F)c(F)c2)nc2cnc(N[C@H]3CC[C@H](N(C)C)CC3)nc21. The zero-order valence-electron chi connectivity index (χ0n) is 23.8. The van der Waals surface area contributed by atoms with Gasteiger partial charge in [0.1, 0.15) is 17.0 Å². The quantitative estimate of drug-likeness (QED) is 0.348. The van der Waals surface area contributed by atoms with Gasteiger partial charge in [0.25, 0.3) is 5.56 Å². The highest BCUT2D eigenvalue weighted by atomic mass is 32.2. The predicted molar refractivity (Wildman–Crippen MR) is 153 cm³/mol. The third-order valence-electron chi connectivity index (χ3n) is 7.23. The van der Waals surface area contributed by atoms with E-state index >= 15 is 0 Å². The Kier molecular flexibility index (Phi) is 8.93. The summed E-state index contributed by atoms with van der Waals surface area (Å²) >= 11 is 0. The maximum Gasteiger partial charge on any atom is 0.278 e. The lowest BCUT2D eigenvalue weighted by atomic mass is 9.91. The van der Waals surface area contributed by atoms with E-state index in [1.165, 1.54) is 16.8 Å². The molecule has 1 saturated carbocycles. The molecule has 2 aromatic heterocycles. The van der Waals surface area contributed by atoms with Crippen molar-refractivity contribution in [1.29, 1.82) is 0 Å². The summed E-state index contributed by atoms with van der Waals surface area (Å²) in [5, 5.41) is 3.38. The van der Waals surface area contributed by atoms with Crippen LogP contribution in [0, 0.1) is 5.82 Å². The molecule has 14 heteroatoms. The number of halogens is 3. The molecular formula is C27H36F3N7O3S. The first-order valence-corrected chi connectivity index (χ1v) is 15.2. The molecule has 224 valence electrons. The molecule has 2 N–H and O–H groups in total. The average molecular weight is 596 g/mol. The molecule has 0 spiro atoms. The van der Waals surface area contributed by atoms with E-state index in [0.717, 1.165) is 37.8 Å². The maximum atomic E-state index is 14.9. The molecule has 3 aromatic rings. The van der Waals surface area contributed by atoms with Gasteiger partial charge in [-0.25, -0.2) is 31.6 Å². The second kappa shape index (κ2) is 11.9. The van der Waals surface area contributed by atoms with E-state index in [1.54, 1.807) is 0 Å². The fourth-order valence-corrected chi connectivity index (χ4v) is 6.16. The number of sulfonamides is 1. The minimum Gasteiger partial charge on any atom is -0.351 e. The van der Waals surface area contributed by atoms with Crippen LogP contribution in [0.25, 0.3) is 22.4 Å². The monoisotopic (exact) mass is 595 g/mol. The smallest absolute Gasteiger partial charge is 0.278 e. The van der Waals surface area contributed by atoms with Crippen molar-refractivity contribution in [1.82, 2.24) is 24.4 Å². The lowest BCUT2D eigenvalue weighted by Gasteiger charge is -2.32. The van der Waals surface area contributed by atoms with E-state index in [1.807, 2.05) is 18.6 Å². The lowest BCUT2D eigenvalue weighted by molar-refractivity contribution is 0.0189. The van der Waals surface area contributed by atoms with E-state index in [2.05, 4.69) is 39.3 Å². The number of hydrogen-bond acceptors (Lipinski definition) is 8. The van der Waals surface area contributed by atoms with Gasteiger partial charge in [0.05, 0.1) is 17.6 Å². The standard InChI is InChI=1S/C27H36F3N7O3S/c1-16(2)37-24-22(15-31-26(34-24)32-18-7-9-19(10-8-18)36(4)5)33-23(25(37)38)17-6-11-21(20(28)14-17)35-41(39,40)13-12-27(3,29)30/h6,11,14-16,18-19,35H,7-10,12-13H2,1-5H3,(H,31,32,34)/t18-,19-. The first-order chi connectivity index (χ1) is 19.1. The van der Waals surface area contributed by atoms with Crippen LogP contribution in [0.1, 0.15) is 58.9 Å². The molecule has 1 aromatic carbocycles. The Morgan fingerprint density at radius 2 is 1.83 bits per heavy atom. The molecule has 0 bridgehead atoms.